The first kappa shape index (κ1) is 16.1. The summed E-state index contributed by atoms with van der Waals surface area (Å²) >= 11 is 0. The van der Waals surface area contributed by atoms with E-state index in [0.717, 1.165) is 24.1 Å². The molecule has 2 heterocycles. The summed E-state index contributed by atoms with van der Waals surface area (Å²) in [6.07, 6.45) is 3.10. The topological polar surface area (TPSA) is 83.6 Å². The third-order valence-electron chi connectivity index (χ3n) is 3.62. The van der Waals surface area contributed by atoms with Crippen LogP contribution in [-0.2, 0) is 11.3 Å². The van der Waals surface area contributed by atoms with E-state index >= 15 is 0 Å². The highest BCUT2D eigenvalue weighted by atomic mass is 16.5. The molecule has 22 heavy (non-hydrogen) atoms. The highest BCUT2D eigenvalue weighted by Gasteiger charge is 2.25. The molecule has 120 valence electrons. The fourth-order valence-electron chi connectivity index (χ4n) is 2.41. The minimum absolute atomic E-state index is 0.0519. The first-order valence-corrected chi connectivity index (χ1v) is 7.37. The first-order valence-electron chi connectivity index (χ1n) is 7.37. The van der Waals surface area contributed by atoms with Crippen molar-refractivity contribution in [3.8, 4) is 0 Å². The van der Waals surface area contributed by atoms with Gasteiger partial charge in [-0.1, -0.05) is 6.07 Å². The lowest BCUT2D eigenvalue weighted by atomic mass is 10.1. The Labute approximate surface area is 130 Å². The van der Waals surface area contributed by atoms with E-state index in [0.29, 0.717) is 19.6 Å². The zero-order valence-corrected chi connectivity index (χ0v) is 13.0. The Morgan fingerprint density at radius 2 is 2.27 bits per heavy atom. The normalized spacial score (nSPS) is 17.7. The molecule has 0 aliphatic carbocycles. The van der Waals surface area contributed by atoms with Gasteiger partial charge in [-0.3, -0.25) is 4.98 Å². The van der Waals surface area contributed by atoms with Crippen molar-refractivity contribution < 1.29 is 14.3 Å². The number of likely N-dealkylation sites (tertiary alicyclic amines) is 1. The zero-order valence-electron chi connectivity index (χ0n) is 13.0. The van der Waals surface area contributed by atoms with Gasteiger partial charge >= 0.3 is 12.1 Å². The third kappa shape index (κ3) is 4.61. The summed E-state index contributed by atoms with van der Waals surface area (Å²) in [4.78, 5) is 29.2. The van der Waals surface area contributed by atoms with Gasteiger partial charge in [-0.2, -0.15) is 0 Å². The average molecular weight is 306 g/mol. The molecular formula is C15H22N4O3. The number of hydrogen-bond donors (Lipinski definition) is 2. The van der Waals surface area contributed by atoms with Crippen LogP contribution < -0.4 is 10.6 Å². The standard InChI is InChI=1S/C15H22N4O3/c1-11-5-6-12(8-16-11)9-17-14(20)18-13-4-3-7-19(10-13)15(21)22-2/h5-6,8,13H,3-4,7,9-10H2,1-2H3,(H2,17,18,20)/t13-/m1/s1. The van der Waals surface area contributed by atoms with Crippen molar-refractivity contribution in [3.63, 3.8) is 0 Å². The zero-order chi connectivity index (χ0) is 15.9. The Balaban J connectivity index is 1.76. The number of hydrogen-bond acceptors (Lipinski definition) is 4. The molecule has 7 nitrogen and oxygen atoms in total. The van der Waals surface area contributed by atoms with E-state index < -0.39 is 0 Å². The Kier molecular flexibility index (Phi) is 5.57. The number of nitrogens with one attached hydrogen (secondary N) is 2. The number of ether oxygens (including phenoxy) is 1. The number of nitrogens with zero attached hydrogens (tertiary/aromatic N) is 2. The fourth-order valence-corrected chi connectivity index (χ4v) is 2.41. The SMILES string of the molecule is COC(=O)N1CCC[C@@H](NC(=O)NCc2ccc(C)nc2)C1. The molecule has 7 heteroatoms. The van der Waals surface area contributed by atoms with Crippen molar-refractivity contribution >= 4 is 12.1 Å². The molecule has 1 aliphatic rings. The second kappa shape index (κ2) is 7.63. The first-order chi connectivity index (χ1) is 10.6. The molecule has 0 aromatic carbocycles. The molecule has 1 aliphatic heterocycles. The van der Waals surface area contributed by atoms with E-state index in [9.17, 15) is 9.59 Å². The summed E-state index contributed by atoms with van der Waals surface area (Å²) in [6.45, 7) is 3.49. The second-order valence-corrected chi connectivity index (χ2v) is 5.39. The Bertz CT molecular complexity index is 518. The Hall–Kier alpha value is -2.31. The van der Waals surface area contributed by atoms with E-state index in [4.69, 9.17) is 4.74 Å². The van der Waals surface area contributed by atoms with Crippen molar-refractivity contribution in [2.75, 3.05) is 20.2 Å². The highest BCUT2D eigenvalue weighted by Crippen LogP contribution is 2.11. The largest absolute Gasteiger partial charge is 0.453 e. The van der Waals surface area contributed by atoms with Crippen molar-refractivity contribution in [1.82, 2.24) is 20.5 Å². The van der Waals surface area contributed by atoms with Gasteiger partial charge in [0.1, 0.15) is 0 Å². The maximum absolute atomic E-state index is 11.9. The summed E-state index contributed by atoms with van der Waals surface area (Å²) in [5, 5.41) is 5.69. The number of methoxy groups -OCH3 is 1. The molecule has 0 unspecified atom stereocenters. The van der Waals surface area contributed by atoms with E-state index in [1.54, 1.807) is 11.1 Å². The number of rotatable bonds is 3. The van der Waals surface area contributed by atoms with Crippen LogP contribution in [0.15, 0.2) is 18.3 Å². The smallest absolute Gasteiger partial charge is 0.409 e. The Morgan fingerprint density at radius 1 is 1.45 bits per heavy atom. The average Bonchev–Trinajstić information content (AvgIpc) is 2.54. The number of urea groups is 1. The van der Waals surface area contributed by atoms with Gasteiger partial charge in [-0.15, -0.1) is 0 Å². The molecule has 0 bridgehead atoms. The Morgan fingerprint density at radius 3 is 2.95 bits per heavy atom. The summed E-state index contributed by atoms with van der Waals surface area (Å²) in [5.41, 5.74) is 1.89. The van der Waals surface area contributed by atoms with E-state index in [-0.39, 0.29) is 18.2 Å². The van der Waals surface area contributed by atoms with E-state index in [1.165, 1.54) is 7.11 Å². The van der Waals surface area contributed by atoms with Crippen LogP contribution in [0.4, 0.5) is 9.59 Å². The number of aromatic nitrogens is 1. The molecule has 3 amide bonds. The van der Waals surface area contributed by atoms with Gasteiger partial charge in [0, 0.05) is 37.6 Å². The van der Waals surface area contributed by atoms with Crippen LogP contribution in [0.3, 0.4) is 0 Å². The van der Waals surface area contributed by atoms with E-state index in [2.05, 4.69) is 15.6 Å². The molecule has 2 rings (SSSR count). The molecule has 1 aromatic heterocycles. The van der Waals surface area contributed by atoms with Crippen molar-refractivity contribution in [3.05, 3.63) is 29.6 Å². The number of piperidine rings is 1. The maximum atomic E-state index is 11.9. The van der Waals surface area contributed by atoms with Gasteiger partial charge in [0.15, 0.2) is 0 Å². The van der Waals surface area contributed by atoms with E-state index in [1.807, 2.05) is 19.1 Å². The second-order valence-electron chi connectivity index (χ2n) is 5.39. The highest BCUT2D eigenvalue weighted by molar-refractivity contribution is 5.74. The predicted molar refractivity (Wildman–Crippen MR) is 81.3 cm³/mol. The summed E-state index contributed by atoms with van der Waals surface area (Å²) in [5.74, 6) is 0. The lowest BCUT2D eigenvalue weighted by Crippen LogP contribution is -2.51. The molecule has 0 spiro atoms. The van der Waals surface area contributed by atoms with Gasteiger partial charge in [0.05, 0.1) is 7.11 Å². The summed E-state index contributed by atoms with van der Waals surface area (Å²) in [7, 11) is 1.36. The quantitative estimate of drug-likeness (QED) is 0.884. The van der Waals surface area contributed by atoms with Crippen LogP contribution in [0.2, 0.25) is 0 Å². The molecule has 0 saturated carbocycles. The van der Waals surface area contributed by atoms with Crippen LogP contribution in [0.25, 0.3) is 0 Å². The molecule has 2 N–H and O–H groups in total. The molecule has 1 fully saturated rings. The van der Waals surface area contributed by atoms with Crippen LogP contribution in [0.1, 0.15) is 24.1 Å². The van der Waals surface area contributed by atoms with Crippen LogP contribution >= 0.6 is 0 Å². The lowest BCUT2D eigenvalue weighted by Gasteiger charge is -2.32. The van der Waals surface area contributed by atoms with Gasteiger partial charge < -0.3 is 20.3 Å². The number of aryl methyl sites for hydroxylation is 1. The summed E-state index contributed by atoms with van der Waals surface area (Å²) < 4.78 is 4.71. The van der Waals surface area contributed by atoms with Crippen LogP contribution in [0.5, 0.6) is 0 Å². The maximum Gasteiger partial charge on any atom is 0.409 e. The minimum atomic E-state index is -0.349. The molecule has 0 radical (unpaired) electrons. The number of carbonyl (C=O) groups is 2. The predicted octanol–water partition coefficient (Wildman–Crippen LogP) is 1.42. The van der Waals surface area contributed by atoms with Crippen molar-refractivity contribution in [1.29, 1.82) is 0 Å². The molecule has 1 saturated heterocycles. The van der Waals surface area contributed by atoms with Gasteiger partial charge in [0.2, 0.25) is 0 Å². The minimum Gasteiger partial charge on any atom is -0.453 e. The van der Waals surface area contributed by atoms with Gasteiger partial charge in [-0.25, -0.2) is 9.59 Å². The molecular weight excluding hydrogens is 284 g/mol. The monoisotopic (exact) mass is 306 g/mol. The molecule has 1 atom stereocenters. The van der Waals surface area contributed by atoms with Gasteiger partial charge in [-0.05, 0) is 31.4 Å². The number of amides is 3. The number of pyridine rings is 1. The van der Waals surface area contributed by atoms with Crippen molar-refractivity contribution in [2.45, 2.75) is 32.4 Å². The van der Waals surface area contributed by atoms with Gasteiger partial charge in [0.25, 0.3) is 0 Å². The van der Waals surface area contributed by atoms with Crippen LogP contribution in [-0.4, -0.2) is 48.2 Å². The van der Waals surface area contributed by atoms with Crippen LogP contribution in [0, 0.1) is 6.92 Å². The summed E-state index contributed by atoms with van der Waals surface area (Å²) in [6, 6.07) is 3.55. The third-order valence-corrected chi connectivity index (χ3v) is 3.62. The lowest BCUT2D eigenvalue weighted by molar-refractivity contribution is 0.108. The fraction of sp³-hybridized carbons (Fsp3) is 0.533. The molecule has 1 aromatic rings. The van der Waals surface area contributed by atoms with Crippen molar-refractivity contribution in [2.24, 2.45) is 0 Å². The number of carbonyl (C=O) groups excluding carboxylic acids is 2.